The average molecular weight is 443 g/mol. The Hall–Kier alpha value is -3.34. The summed E-state index contributed by atoms with van der Waals surface area (Å²) in [6, 6.07) is 5.44. The predicted octanol–water partition coefficient (Wildman–Crippen LogP) is 2.51. The van der Waals surface area contributed by atoms with Crippen molar-refractivity contribution in [1.82, 2.24) is 25.0 Å². The van der Waals surface area contributed by atoms with Gasteiger partial charge in [-0.25, -0.2) is 9.48 Å². The molecule has 1 amide bonds. The Morgan fingerprint density at radius 1 is 1.35 bits per heavy atom. The van der Waals surface area contributed by atoms with Crippen molar-refractivity contribution in [3.8, 4) is 5.88 Å². The van der Waals surface area contributed by atoms with E-state index in [4.69, 9.17) is 4.74 Å². The van der Waals surface area contributed by atoms with Crippen LogP contribution in [-0.4, -0.2) is 42.8 Å². The molecule has 0 spiro atoms. The number of pyridine rings is 1. The highest BCUT2D eigenvalue weighted by Gasteiger charge is 2.40. The van der Waals surface area contributed by atoms with Gasteiger partial charge in [0.15, 0.2) is 0 Å². The fraction of sp³-hybridized carbons (Fsp3) is 0.400. The van der Waals surface area contributed by atoms with Crippen molar-refractivity contribution in [3.63, 3.8) is 0 Å². The molecule has 0 saturated heterocycles. The molecule has 1 N–H and O–H groups in total. The van der Waals surface area contributed by atoms with E-state index in [9.17, 15) is 14.7 Å². The molecule has 3 heterocycles. The molecule has 162 valence electrons. The molecule has 3 aromatic heterocycles. The number of hydrogen-bond donors (Lipinski definition) is 1. The highest BCUT2D eigenvalue weighted by molar-refractivity contribution is 7.11. The van der Waals surface area contributed by atoms with Crippen molar-refractivity contribution in [2.45, 2.75) is 32.7 Å². The lowest BCUT2D eigenvalue weighted by atomic mass is 10.2. The average Bonchev–Trinajstić information content (AvgIpc) is 3.39. The molecule has 10 nitrogen and oxygen atoms in total. The van der Waals surface area contributed by atoms with Gasteiger partial charge in [-0.1, -0.05) is 17.4 Å². The van der Waals surface area contributed by atoms with Gasteiger partial charge in [0.2, 0.25) is 5.88 Å². The molecule has 1 aliphatic rings. The van der Waals surface area contributed by atoms with E-state index in [0.717, 1.165) is 27.3 Å². The van der Waals surface area contributed by atoms with Crippen molar-refractivity contribution in [2.24, 2.45) is 13.0 Å². The Kier molecular flexibility index (Phi) is 5.68. The van der Waals surface area contributed by atoms with E-state index in [0.29, 0.717) is 28.5 Å². The fourth-order valence-corrected chi connectivity index (χ4v) is 4.01. The van der Waals surface area contributed by atoms with Crippen molar-refractivity contribution in [3.05, 3.63) is 56.0 Å². The zero-order chi connectivity index (χ0) is 22.1. The molecule has 0 unspecified atom stereocenters. The first kappa shape index (κ1) is 20.9. The van der Waals surface area contributed by atoms with Crippen LogP contribution in [0, 0.1) is 19.8 Å². The number of hydrogen-bond acceptors (Lipinski definition) is 8. The summed E-state index contributed by atoms with van der Waals surface area (Å²) in [6.07, 6.45) is 1.55. The zero-order valence-corrected chi connectivity index (χ0v) is 18.2. The van der Waals surface area contributed by atoms with Gasteiger partial charge in [0.25, 0.3) is 5.56 Å². The maximum Gasteiger partial charge on any atom is 0.412 e. The Bertz CT molecular complexity index is 1160. The van der Waals surface area contributed by atoms with Gasteiger partial charge in [-0.15, -0.1) is 15.3 Å². The van der Waals surface area contributed by atoms with Crippen LogP contribution in [0.1, 0.15) is 33.6 Å². The van der Waals surface area contributed by atoms with Gasteiger partial charge >= 0.3 is 6.09 Å². The number of aromatic nitrogens is 5. The minimum atomic E-state index is -1.27. The van der Waals surface area contributed by atoms with Crippen molar-refractivity contribution < 1.29 is 14.6 Å². The third-order valence-corrected chi connectivity index (χ3v) is 5.91. The number of carbonyl (C=O) groups is 1. The lowest BCUT2D eigenvalue weighted by Crippen LogP contribution is -2.35. The Balaban J connectivity index is 1.49. The van der Waals surface area contributed by atoms with Crippen LogP contribution in [0.5, 0.6) is 5.88 Å². The number of ether oxygens (including phenoxy) is 1. The van der Waals surface area contributed by atoms with Gasteiger partial charge in [-0.3, -0.25) is 14.7 Å². The molecule has 31 heavy (non-hydrogen) atoms. The summed E-state index contributed by atoms with van der Waals surface area (Å²) in [5.41, 5.74) is 1.58. The highest BCUT2D eigenvalue weighted by Crippen LogP contribution is 2.46. The summed E-state index contributed by atoms with van der Waals surface area (Å²) >= 11 is 1.27. The maximum atomic E-state index is 12.6. The van der Waals surface area contributed by atoms with Crippen LogP contribution in [0.2, 0.25) is 0 Å². The minimum absolute atomic E-state index is 0.0413. The van der Waals surface area contributed by atoms with E-state index < -0.39 is 11.7 Å². The number of anilines is 1. The molecule has 1 saturated carbocycles. The molecule has 0 aliphatic heterocycles. The van der Waals surface area contributed by atoms with E-state index in [1.807, 2.05) is 25.3 Å². The van der Waals surface area contributed by atoms with E-state index in [-0.39, 0.29) is 18.1 Å². The Morgan fingerprint density at radius 2 is 2.16 bits per heavy atom. The first-order chi connectivity index (χ1) is 14.8. The van der Waals surface area contributed by atoms with Crippen LogP contribution in [0.15, 0.2) is 29.2 Å². The molecular formula is C20H22N6O4S. The molecule has 0 bridgehead atoms. The van der Waals surface area contributed by atoms with Gasteiger partial charge in [0.1, 0.15) is 15.7 Å². The molecule has 0 radical (unpaired) electrons. The summed E-state index contributed by atoms with van der Waals surface area (Å²) in [6.45, 7) is 4.11. The van der Waals surface area contributed by atoms with Crippen LogP contribution in [-0.2, 0) is 13.6 Å². The maximum absolute atomic E-state index is 12.6. The molecule has 11 heteroatoms. The summed E-state index contributed by atoms with van der Waals surface area (Å²) < 4.78 is 6.90. The lowest BCUT2D eigenvalue weighted by Gasteiger charge is -2.18. The summed E-state index contributed by atoms with van der Waals surface area (Å²) in [5, 5.41) is 22.8. The lowest BCUT2D eigenvalue weighted by molar-refractivity contribution is 0.201. The summed E-state index contributed by atoms with van der Waals surface area (Å²) in [5.74, 6) is 0.834. The quantitative estimate of drug-likeness (QED) is 0.592. The zero-order valence-electron chi connectivity index (χ0n) is 17.3. The Labute approximate surface area is 182 Å². The van der Waals surface area contributed by atoms with E-state index in [1.54, 1.807) is 6.92 Å². The van der Waals surface area contributed by atoms with Crippen LogP contribution in [0.3, 0.4) is 0 Å². The molecule has 1 aliphatic carbocycles. The second-order valence-electron chi connectivity index (χ2n) is 7.55. The van der Waals surface area contributed by atoms with E-state index >= 15 is 0 Å². The fourth-order valence-electron chi connectivity index (χ4n) is 3.31. The number of aryl methyl sites for hydroxylation is 3. The standard InChI is InChI=1S/C20H22N6O4S/c1-11-4-5-15(21-8-11)14-6-13(14)10-30-17-7-16(19(27)25(3)24-17)26(20(28)29)9-18-23-22-12(2)31-18/h4-5,7-8,13-14H,6,9-10H2,1-3H3,(H,28,29)/t13-,14+/m1/s1. The third kappa shape index (κ3) is 4.71. The first-order valence-corrected chi connectivity index (χ1v) is 10.6. The van der Waals surface area contributed by atoms with E-state index in [2.05, 4.69) is 20.3 Å². The predicted molar refractivity (Wildman–Crippen MR) is 114 cm³/mol. The SMILES string of the molecule is Cc1ccc([C@H]2C[C@@H]2COc2cc(N(Cc3nnc(C)s3)C(=O)O)c(=O)n(C)n2)nc1. The monoisotopic (exact) mass is 442 g/mol. The van der Waals surface area contributed by atoms with Crippen molar-refractivity contribution >= 4 is 23.1 Å². The van der Waals surface area contributed by atoms with Gasteiger partial charge in [0.05, 0.1) is 13.2 Å². The number of nitrogens with zero attached hydrogens (tertiary/aromatic N) is 6. The smallest absolute Gasteiger partial charge is 0.412 e. The summed E-state index contributed by atoms with van der Waals surface area (Å²) in [4.78, 5) is 29.8. The van der Waals surface area contributed by atoms with Crippen LogP contribution < -0.4 is 15.2 Å². The largest absolute Gasteiger partial charge is 0.476 e. The van der Waals surface area contributed by atoms with Gasteiger partial charge in [0, 0.05) is 36.8 Å². The van der Waals surface area contributed by atoms with Crippen LogP contribution in [0.4, 0.5) is 10.5 Å². The number of carboxylic acid groups (broad SMARTS) is 1. The van der Waals surface area contributed by atoms with Crippen LogP contribution in [0.25, 0.3) is 0 Å². The van der Waals surface area contributed by atoms with Crippen molar-refractivity contribution in [2.75, 3.05) is 11.5 Å². The van der Waals surface area contributed by atoms with Gasteiger partial charge in [-0.05, 0) is 31.9 Å². The normalized spacial score (nSPS) is 17.4. The van der Waals surface area contributed by atoms with E-state index in [1.165, 1.54) is 24.5 Å². The van der Waals surface area contributed by atoms with Crippen molar-refractivity contribution in [1.29, 1.82) is 0 Å². The second-order valence-corrected chi connectivity index (χ2v) is 8.82. The van der Waals surface area contributed by atoms with Crippen LogP contribution >= 0.6 is 11.3 Å². The van der Waals surface area contributed by atoms with Gasteiger partial charge in [-0.2, -0.15) is 0 Å². The third-order valence-electron chi connectivity index (χ3n) is 5.09. The summed E-state index contributed by atoms with van der Waals surface area (Å²) in [7, 11) is 1.46. The molecule has 3 aromatic rings. The molecule has 2 atom stereocenters. The topological polar surface area (TPSA) is 123 Å². The second kappa shape index (κ2) is 8.42. The molecule has 0 aromatic carbocycles. The molecule has 4 rings (SSSR count). The highest BCUT2D eigenvalue weighted by atomic mass is 32.1. The Morgan fingerprint density at radius 3 is 2.81 bits per heavy atom. The van der Waals surface area contributed by atoms with Gasteiger partial charge < -0.3 is 9.84 Å². The number of rotatable bonds is 7. The first-order valence-electron chi connectivity index (χ1n) is 9.75. The molecular weight excluding hydrogens is 420 g/mol. The minimum Gasteiger partial charge on any atom is -0.476 e. The number of amides is 1. The molecule has 1 fully saturated rings.